The van der Waals surface area contributed by atoms with E-state index in [1.807, 2.05) is 24.3 Å². The van der Waals surface area contributed by atoms with E-state index in [0.717, 1.165) is 41.6 Å². The molecule has 2 fully saturated rings. The number of hydrogen-bond donors (Lipinski definition) is 2. The number of hydrogen-bond acceptors (Lipinski definition) is 4. The Balaban J connectivity index is 1.37. The molecule has 34 heavy (non-hydrogen) atoms. The van der Waals surface area contributed by atoms with Gasteiger partial charge in [0, 0.05) is 6.04 Å². The Hall–Kier alpha value is -3.75. The van der Waals surface area contributed by atoms with Crippen molar-refractivity contribution in [2.45, 2.75) is 50.6 Å². The van der Waals surface area contributed by atoms with Crippen molar-refractivity contribution in [3.8, 4) is 0 Å². The van der Waals surface area contributed by atoms with Gasteiger partial charge < -0.3 is 9.88 Å². The number of amides is 4. The van der Waals surface area contributed by atoms with E-state index < -0.39 is 35.7 Å². The van der Waals surface area contributed by atoms with Crippen molar-refractivity contribution in [3.05, 3.63) is 59.9 Å². The van der Waals surface area contributed by atoms with Gasteiger partial charge in [-0.1, -0.05) is 43.5 Å². The van der Waals surface area contributed by atoms with Crippen LogP contribution in [0.25, 0.3) is 11.0 Å². The van der Waals surface area contributed by atoms with E-state index >= 15 is 0 Å². The Bertz CT molecular complexity index is 1270. The highest BCUT2D eigenvalue weighted by Gasteiger charge is 2.49. The van der Waals surface area contributed by atoms with Gasteiger partial charge in [-0.15, -0.1) is 0 Å². The summed E-state index contributed by atoms with van der Waals surface area (Å²) in [5.41, 5.74) is 0.792. The Morgan fingerprint density at radius 3 is 2.56 bits per heavy atom. The van der Waals surface area contributed by atoms with Crippen LogP contribution < -0.4 is 10.6 Å². The van der Waals surface area contributed by atoms with Gasteiger partial charge in [-0.25, -0.2) is 14.2 Å². The van der Waals surface area contributed by atoms with Crippen molar-refractivity contribution >= 4 is 34.8 Å². The highest BCUT2D eigenvalue weighted by molar-refractivity contribution is 6.10. The van der Waals surface area contributed by atoms with Crippen molar-refractivity contribution in [2.24, 2.45) is 0 Å². The fourth-order valence-corrected chi connectivity index (χ4v) is 4.97. The summed E-state index contributed by atoms with van der Waals surface area (Å²) in [6, 6.07) is 12.6. The molecule has 1 saturated carbocycles. The number of carbonyl (C=O) groups is 3. The van der Waals surface area contributed by atoms with Gasteiger partial charge in [0.2, 0.25) is 11.9 Å². The lowest BCUT2D eigenvalue weighted by atomic mass is 9.92. The number of aromatic nitrogens is 2. The Kier molecular flexibility index (Phi) is 5.55. The van der Waals surface area contributed by atoms with Gasteiger partial charge in [-0.05, 0) is 49.6 Å². The molecule has 0 spiro atoms. The van der Waals surface area contributed by atoms with Crippen LogP contribution in [-0.4, -0.2) is 38.8 Å². The smallest absolute Gasteiger partial charge is 0.319 e. The van der Waals surface area contributed by atoms with Gasteiger partial charge in [-0.2, -0.15) is 0 Å². The van der Waals surface area contributed by atoms with Crippen molar-refractivity contribution < 1.29 is 18.8 Å². The van der Waals surface area contributed by atoms with Crippen molar-refractivity contribution in [1.29, 1.82) is 0 Å². The Labute approximate surface area is 196 Å². The number of rotatable bonds is 5. The van der Waals surface area contributed by atoms with Gasteiger partial charge in [0.1, 0.15) is 17.9 Å². The highest BCUT2D eigenvalue weighted by atomic mass is 19.1. The standard InChI is InChI=1S/C25H26FN5O3/c1-25(16-11-13-17(26)14-12-16)22(33)30(24(34)29-25)15-21(32)28-23-27-19-9-5-6-10-20(19)31(23)18-7-3-2-4-8-18/h5-6,9-14,18H,2-4,7-8,15H2,1H3,(H,29,34)(H,27,28,32). The summed E-state index contributed by atoms with van der Waals surface area (Å²) in [5, 5.41) is 5.46. The average molecular weight is 464 g/mol. The van der Waals surface area contributed by atoms with Crippen molar-refractivity contribution in [1.82, 2.24) is 19.8 Å². The zero-order chi connectivity index (χ0) is 23.9. The first kappa shape index (κ1) is 22.1. The molecule has 0 bridgehead atoms. The molecule has 2 aromatic carbocycles. The Morgan fingerprint density at radius 2 is 1.82 bits per heavy atom. The number of imide groups is 1. The number of imidazole rings is 1. The second kappa shape index (κ2) is 8.55. The van der Waals surface area contributed by atoms with E-state index in [0.29, 0.717) is 11.5 Å². The normalized spacial score (nSPS) is 21.2. The van der Waals surface area contributed by atoms with Crippen LogP contribution in [0.15, 0.2) is 48.5 Å². The number of para-hydroxylation sites is 2. The fourth-order valence-electron chi connectivity index (χ4n) is 4.97. The van der Waals surface area contributed by atoms with Crippen molar-refractivity contribution in [2.75, 3.05) is 11.9 Å². The largest absolute Gasteiger partial charge is 0.325 e. The van der Waals surface area contributed by atoms with Gasteiger partial charge in [0.05, 0.1) is 11.0 Å². The van der Waals surface area contributed by atoms with Crippen LogP contribution in [0.3, 0.4) is 0 Å². The van der Waals surface area contributed by atoms with Crippen LogP contribution in [0.1, 0.15) is 50.6 Å². The third-order valence-electron chi connectivity index (χ3n) is 6.79. The molecule has 0 radical (unpaired) electrons. The predicted molar refractivity (Wildman–Crippen MR) is 124 cm³/mol. The van der Waals surface area contributed by atoms with Crippen LogP contribution in [0, 0.1) is 5.82 Å². The van der Waals surface area contributed by atoms with Crippen LogP contribution in [0.5, 0.6) is 0 Å². The van der Waals surface area contributed by atoms with Gasteiger partial charge in [0.15, 0.2) is 0 Å². The maximum atomic E-state index is 13.3. The molecular formula is C25H26FN5O3. The monoisotopic (exact) mass is 463 g/mol. The van der Waals surface area contributed by atoms with Gasteiger partial charge >= 0.3 is 6.03 Å². The number of urea groups is 1. The van der Waals surface area contributed by atoms with E-state index in [1.165, 1.54) is 30.7 Å². The molecule has 2 aliphatic rings. The first-order valence-corrected chi connectivity index (χ1v) is 11.5. The SMILES string of the molecule is CC1(c2ccc(F)cc2)NC(=O)N(CC(=O)Nc2nc3ccccc3n2C2CCCCC2)C1=O. The van der Waals surface area contributed by atoms with Crippen LogP contribution in [0.4, 0.5) is 15.1 Å². The molecule has 2 N–H and O–H groups in total. The molecule has 1 aliphatic heterocycles. The Morgan fingerprint density at radius 1 is 1.12 bits per heavy atom. The van der Waals surface area contributed by atoms with Crippen LogP contribution >= 0.6 is 0 Å². The van der Waals surface area contributed by atoms with E-state index in [4.69, 9.17) is 0 Å². The molecule has 1 atom stereocenters. The minimum Gasteiger partial charge on any atom is -0.319 e. The molecule has 2 heterocycles. The molecule has 1 saturated heterocycles. The van der Waals surface area contributed by atoms with Crippen LogP contribution in [0.2, 0.25) is 0 Å². The lowest BCUT2D eigenvalue weighted by molar-refractivity contribution is -0.133. The summed E-state index contributed by atoms with van der Waals surface area (Å²) < 4.78 is 15.4. The molecule has 176 valence electrons. The summed E-state index contributed by atoms with van der Waals surface area (Å²) in [7, 11) is 0. The molecule has 5 rings (SSSR count). The number of nitrogens with zero attached hydrogens (tertiary/aromatic N) is 3. The molecule has 1 aliphatic carbocycles. The zero-order valence-corrected chi connectivity index (χ0v) is 18.9. The second-order valence-electron chi connectivity index (χ2n) is 9.09. The number of fused-ring (bicyclic) bond motifs is 1. The van der Waals surface area contributed by atoms with E-state index in [9.17, 15) is 18.8 Å². The summed E-state index contributed by atoms with van der Waals surface area (Å²) in [6.45, 7) is 1.09. The number of nitrogens with one attached hydrogen (secondary N) is 2. The number of anilines is 1. The van der Waals surface area contributed by atoms with Gasteiger partial charge in [0.25, 0.3) is 5.91 Å². The fraction of sp³-hybridized carbons (Fsp3) is 0.360. The summed E-state index contributed by atoms with van der Waals surface area (Å²) in [5.74, 6) is -1.10. The molecule has 1 unspecified atom stereocenters. The summed E-state index contributed by atoms with van der Waals surface area (Å²) >= 11 is 0. The topological polar surface area (TPSA) is 96.3 Å². The zero-order valence-electron chi connectivity index (χ0n) is 18.9. The summed E-state index contributed by atoms with van der Waals surface area (Å²) in [4.78, 5) is 44.2. The second-order valence-corrected chi connectivity index (χ2v) is 9.09. The average Bonchev–Trinajstić information content (AvgIpc) is 3.30. The van der Waals surface area contributed by atoms with Crippen molar-refractivity contribution in [3.63, 3.8) is 0 Å². The van der Waals surface area contributed by atoms with E-state index in [2.05, 4.69) is 20.2 Å². The minimum absolute atomic E-state index is 0.231. The summed E-state index contributed by atoms with van der Waals surface area (Å²) in [6.07, 6.45) is 5.45. The molecular weight excluding hydrogens is 437 g/mol. The third kappa shape index (κ3) is 3.81. The number of carbonyl (C=O) groups excluding carboxylic acids is 3. The van der Waals surface area contributed by atoms with Crippen LogP contribution in [-0.2, 0) is 15.1 Å². The first-order valence-electron chi connectivity index (χ1n) is 11.5. The number of benzene rings is 2. The molecule has 9 heteroatoms. The highest BCUT2D eigenvalue weighted by Crippen LogP contribution is 2.34. The first-order chi connectivity index (χ1) is 16.4. The molecule has 1 aromatic heterocycles. The van der Waals surface area contributed by atoms with Gasteiger partial charge in [-0.3, -0.25) is 19.8 Å². The molecule has 8 nitrogen and oxygen atoms in total. The number of halogens is 1. The van der Waals surface area contributed by atoms with E-state index in [1.54, 1.807) is 6.92 Å². The maximum Gasteiger partial charge on any atom is 0.325 e. The minimum atomic E-state index is -1.37. The quantitative estimate of drug-likeness (QED) is 0.557. The van der Waals surface area contributed by atoms with E-state index in [-0.39, 0.29) is 6.04 Å². The maximum absolute atomic E-state index is 13.3. The lowest BCUT2D eigenvalue weighted by Gasteiger charge is -2.25. The lowest BCUT2D eigenvalue weighted by Crippen LogP contribution is -2.42. The third-order valence-corrected chi connectivity index (χ3v) is 6.79. The molecule has 4 amide bonds. The molecule has 3 aromatic rings. The predicted octanol–water partition coefficient (Wildman–Crippen LogP) is 4.09.